The van der Waals surface area contributed by atoms with Crippen LogP contribution in [0.5, 0.6) is 0 Å². The van der Waals surface area contributed by atoms with Gasteiger partial charge in [0.05, 0.1) is 0 Å². The molecule has 5 nitrogen and oxygen atoms in total. The van der Waals surface area contributed by atoms with Gasteiger partial charge in [0.1, 0.15) is 0 Å². The molecule has 0 spiro atoms. The van der Waals surface area contributed by atoms with Crippen LogP contribution in [0.4, 0.5) is 4.79 Å². The first-order valence-electron chi connectivity index (χ1n) is 5.79. The number of hydrogen-bond donors (Lipinski definition) is 0. The molecule has 126 valence electrons. The minimum absolute atomic E-state index is 0.0534. The van der Waals surface area contributed by atoms with Crippen molar-refractivity contribution in [3.05, 3.63) is 0 Å². The zero-order valence-electron chi connectivity index (χ0n) is 12.7. The van der Waals surface area contributed by atoms with E-state index in [1.54, 1.807) is 45.7 Å². The summed E-state index contributed by atoms with van der Waals surface area (Å²) in [6.07, 6.45) is 4.73. The third kappa shape index (κ3) is 9.52. The fraction of sp³-hybridized carbons (Fsp3) is 0.889. The highest BCUT2D eigenvalue weighted by molar-refractivity contribution is 9.27. The average Bonchev–Trinajstić information content (AvgIpc) is 2.52. The Hall–Kier alpha value is 1.67. The van der Waals surface area contributed by atoms with Crippen LogP contribution in [0.25, 0.3) is 0 Å². The van der Waals surface area contributed by atoms with Gasteiger partial charge in [0.2, 0.25) is 0 Å². The van der Waals surface area contributed by atoms with Crippen molar-refractivity contribution in [2.24, 2.45) is 0 Å². The molecule has 12 heteroatoms. The van der Waals surface area contributed by atoms with E-state index < -0.39 is 8.80 Å². The minimum atomic E-state index is -2.43. The summed E-state index contributed by atoms with van der Waals surface area (Å²) < 4.78 is 17.7. The van der Waals surface area contributed by atoms with Crippen LogP contribution in [-0.2, 0) is 13.3 Å². The zero-order valence-corrected chi connectivity index (χ0v) is 18.5. The maximum Gasteiger partial charge on any atom is 0.500 e. The van der Waals surface area contributed by atoms with Crippen molar-refractivity contribution in [2.75, 3.05) is 39.6 Å². The lowest BCUT2D eigenvalue weighted by molar-refractivity contribution is 0.123. The molecule has 0 aromatic heterocycles. The van der Waals surface area contributed by atoms with Gasteiger partial charge in [-0.15, -0.1) is 0 Å². The first kappa shape index (κ1) is 22.7. The summed E-state index contributed by atoms with van der Waals surface area (Å²) in [5, 5.41) is 0.0534. The Morgan fingerprint density at radius 2 is 1.62 bits per heavy atom. The van der Waals surface area contributed by atoms with Crippen molar-refractivity contribution in [1.29, 1.82) is 0 Å². The SMILES string of the molecule is CO[Si](CCCSSSSC(=O)N(SC)SC)(OC)OC. The molecule has 0 rings (SSSR count). The number of rotatable bonds is 12. The molecule has 0 aliphatic rings. The number of carbonyl (C=O) groups is 1. The van der Waals surface area contributed by atoms with Crippen LogP contribution in [0.15, 0.2) is 0 Å². The quantitative estimate of drug-likeness (QED) is 0.186. The highest BCUT2D eigenvalue weighted by Crippen LogP contribution is 2.45. The van der Waals surface area contributed by atoms with Gasteiger partial charge in [-0.1, -0.05) is 10.8 Å². The molecule has 0 fully saturated rings. The standard InChI is InChI=1S/C9H21NO4S6Si/c1-12-21(13-2,14-3)8-6-7-17-19-20-18-9(11)10(15-4)16-5/h6-8H2,1-5H3. The lowest BCUT2D eigenvalue weighted by atomic mass is 10.6. The van der Waals surface area contributed by atoms with Crippen molar-refractivity contribution in [3.8, 4) is 0 Å². The molecule has 0 saturated heterocycles. The molecular weight excluding hydrogens is 407 g/mol. The van der Waals surface area contributed by atoms with E-state index in [0.29, 0.717) is 0 Å². The third-order valence-corrected chi connectivity index (χ3v) is 13.3. The Balaban J connectivity index is 3.67. The summed E-state index contributed by atoms with van der Waals surface area (Å²) in [7, 11) is 8.53. The highest BCUT2D eigenvalue weighted by Gasteiger charge is 2.36. The van der Waals surface area contributed by atoms with E-state index in [-0.39, 0.29) is 5.24 Å². The molecule has 0 aromatic rings. The topological polar surface area (TPSA) is 48.0 Å². The van der Waals surface area contributed by atoms with Crippen LogP contribution in [0.2, 0.25) is 6.04 Å². The Morgan fingerprint density at radius 3 is 2.10 bits per heavy atom. The summed E-state index contributed by atoms with van der Waals surface area (Å²) >= 11 is 2.84. The fourth-order valence-electron chi connectivity index (χ4n) is 1.25. The lowest BCUT2D eigenvalue weighted by Crippen LogP contribution is -2.42. The Bertz CT molecular complexity index is 275. The van der Waals surface area contributed by atoms with Gasteiger partial charge in [-0.25, -0.2) is 3.71 Å². The monoisotopic (exact) mass is 427 g/mol. The molecule has 0 aromatic carbocycles. The number of amides is 1. The molecule has 0 unspecified atom stereocenters. The van der Waals surface area contributed by atoms with E-state index in [2.05, 4.69) is 0 Å². The first-order chi connectivity index (χ1) is 10.1. The van der Waals surface area contributed by atoms with Gasteiger partial charge in [-0.3, -0.25) is 4.79 Å². The second-order valence-electron chi connectivity index (χ2n) is 3.33. The summed E-state index contributed by atoms with van der Waals surface area (Å²) in [6, 6.07) is 0.799. The molecule has 0 saturated carbocycles. The van der Waals surface area contributed by atoms with E-state index in [1.165, 1.54) is 44.5 Å². The molecule has 0 bridgehead atoms. The van der Waals surface area contributed by atoms with Gasteiger partial charge in [-0.05, 0) is 50.0 Å². The van der Waals surface area contributed by atoms with Gasteiger partial charge in [0.25, 0.3) is 0 Å². The average molecular weight is 428 g/mol. The van der Waals surface area contributed by atoms with Crippen molar-refractivity contribution in [2.45, 2.75) is 12.5 Å². The smallest absolute Gasteiger partial charge is 0.377 e. The van der Waals surface area contributed by atoms with Gasteiger partial charge < -0.3 is 13.3 Å². The first-order valence-corrected chi connectivity index (χ1v) is 15.1. The minimum Gasteiger partial charge on any atom is -0.377 e. The lowest BCUT2D eigenvalue weighted by Gasteiger charge is -2.23. The molecule has 0 heterocycles. The Kier molecular flexibility index (Phi) is 15.2. The molecule has 21 heavy (non-hydrogen) atoms. The summed E-state index contributed by atoms with van der Waals surface area (Å²) in [5.74, 6) is 0.964. The van der Waals surface area contributed by atoms with Gasteiger partial charge in [-0.2, -0.15) is 0 Å². The van der Waals surface area contributed by atoms with Crippen LogP contribution in [0.3, 0.4) is 0 Å². The second kappa shape index (κ2) is 14.0. The number of carbonyl (C=O) groups excluding carboxylic acids is 1. The van der Waals surface area contributed by atoms with Crippen LogP contribution in [0, 0.1) is 0 Å². The normalized spacial score (nSPS) is 11.7. The summed E-state index contributed by atoms with van der Waals surface area (Å²) in [5.41, 5.74) is 0. The number of hydrogen-bond acceptors (Lipinski definition) is 10. The van der Waals surface area contributed by atoms with Crippen LogP contribution in [-0.4, -0.2) is 57.3 Å². The van der Waals surface area contributed by atoms with Crippen LogP contribution in [0.1, 0.15) is 6.42 Å². The molecule has 0 aliphatic heterocycles. The fourth-order valence-corrected chi connectivity index (χ4v) is 10.3. The summed E-state index contributed by atoms with van der Waals surface area (Å²) in [6.45, 7) is 0. The van der Waals surface area contributed by atoms with Gasteiger partial charge >= 0.3 is 14.0 Å². The second-order valence-corrected chi connectivity index (χ2v) is 14.0. The van der Waals surface area contributed by atoms with Crippen LogP contribution >= 0.6 is 65.1 Å². The van der Waals surface area contributed by atoms with Crippen molar-refractivity contribution < 1.29 is 18.1 Å². The molecular formula is C9H21NO4S6Si. The number of nitrogens with zero attached hydrogens (tertiary/aromatic N) is 1. The molecule has 0 atom stereocenters. The largest absolute Gasteiger partial charge is 0.500 e. The molecule has 0 N–H and O–H groups in total. The van der Waals surface area contributed by atoms with Crippen molar-refractivity contribution >= 4 is 79.2 Å². The predicted octanol–water partition coefficient (Wildman–Crippen LogP) is 4.91. The maximum absolute atomic E-state index is 11.7. The van der Waals surface area contributed by atoms with E-state index >= 15 is 0 Å². The van der Waals surface area contributed by atoms with E-state index in [1.807, 2.05) is 12.5 Å². The summed E-state index contributed by atoms with van der Waals surface area (Å²) in [4.78, 5) is 11.7. The predicted molar refractivity (Wildman–Crippen MR) is 106 cm³/mol. The molecule has 0 aliphatic carbocycles. The van der Waals surface area contributed by atoms with E-state index in [4.69, 9.17) is 13.3 Å². The maximum atomic E-state index is 11.7. The van der Waals surface area contributed by atoms with E-state index in [9.17, 15) is 4.79 Å². The third-order valence-electron chi connectivity index (χ3n) is 2.31. The van der Waals surface area contributed by atoms with Crippen molar-refractivity contribution in [1.82, 2.24) is 3.71 Å². The van der Waals surface area contributed by atoms with Gasteiger partial charge in [0, 0.05) is 56.4 Å². The highest BCUT2D eigenvalue weighted by atomic mass is 33.7. The Labute approximate surface area is 152 Å². The zero-order chi connectivity index (χ0) is 16.1. The molecule has 0 radical (unpaired) electrons. The van der Waals surface area contributed by atoms with Crippen LogP contribution < -0.4 is 0 Å². The Morgan fingerprint density at radius 1 is 1.05 bits per heavy atom. The van der Waals surface area contributed by atoms with Gasteiger partial charge in [0.15, 0.2) is 0 Å². The molecule has 1 amide bonds. The van der Waals surface area contributed by atoms with Crippen molar-refractivity contribution in [3.63, 3.8) is 0 Å². The van der Waals surface area contributed by atoms with E-state index in [0.717, 1.165) is 18.2 Å².